The summed E-state index contributed by atoms with van der Waals surface area (Å²) in [5, 5.41) is 0. The van der Waals surface area contributed by atoms with Gasteiger partial charge in [0.1, 0.15) is 0 Å². The van der Waals surface area contributed by atoms with Crippen molar-refractivity contribution in [1.82, 2.24) is 14.8 Å². The number of fused-ring (bicyclic) bond motifs is 1. The quantitative estimate of drug-likeness (QED) is 0.850. The van der Waals surface area contributed by atoms with Crippen LogP contribution < -0.4 is 0 Å². The molecule has 0 saturated carbocycles. The summed E-state index contributed by atoms with van der Waals surface area (Å²) in [5.74, 6) is 1.23. The number of aromatic nitrogens is 1. The van der Waals surface area contributed by atoms with E-state index in [4.69, 9.17) is 4.74 Å². The van der Waals surface area contributed by atoms with E-state index in [9.17, 15) is 4.79 Å². The Morgan fingerprint density at radius 1 is 1.29 bits per heavy atom. The highest BCUT2D eigenvalue weighted by Crippen LogP contribution is 2.35. The molecular weight excluding hydrogens is 302 g/mol. The molecule has 3 fully saturated rings. The Morgan fingerprint density at radius 2 is 2.12 bits per heavy atom. The van der Waals surface area contributed by atoms with Gasteiger partial charge in [-0.15, -0.1) is 0 Å². The monoisotopic (exact) mass is 329 g/mol. The van der Waals surface area contributed by atoms with Crippen molar-refractivity contribution in [2.24, 2.45) is 11.8 Å². The number of rotatable bonds is 3. The lowest BCUT2D eigenvalue weighted by molar-refractivity contribution is 0.0517. The van der Waals surface area contributed by atoms with Crippen LogP contribution >= 0.6 is 0 Å². The minimum absolute atomic E-state index is 0.115. The van der Waals surface area contributed by atoms with Crippen LogP contribution in [0, 0.1) is 18.8 Å². The van der Waals surface area contributed by atoms with Crippen molar-refractivity contribution in [2.75, 3.05) is 39.3 Å². The van der Waals surface area contributed by atoms with Crippen LogP contribution in [0.2, 0.25) is 0 Å². The van der Waals surface area contributed by atoms with E-state index >= 15 is 0 Å². The molecule has 1 aromatic heterocycles. The number of carbonyl (C=O) groups is 1. The van der Waals surface area contributed by atoms with Gasteiger partial charge in [0.2, 0.25) is 0 Å². The molecule has 4 heterocycles. The molecule has 0 N–H and O–H groups in total. The van der Waals surface area contributed by atoms with Crippen molar-refractivity contribution in [3.8, 4) is 0 Å². The lowest BCUT2D eigenvalue weighted by Crippen LogP contribution is -2.46. The van der Waals surface area contributed by atoms with Crippen LogP contribution in [-0.4, -0.2) is 66.1 Å². The van der Waals surface area contributed by atoms with Crippen LogP contribution in [-0.2, 0) is 4.74 Å². The minimum atomic E-state index is 0.115. The van der Waals surface area contributed by atoms with Gasteiger partial charge in [-0.05, 0) is 57.3 Å². The van der Waals surface area contributed by atoms with Gasteiger partial charge in [-0.3, -0.25) is 9.78 Å². The number of hydrogen-bond donors (Lipinski definition) is 0. The second-order valence-corrected chi connectivity index (χ2v) is 7.53. The first-order valence-electron chi connectivity index (χ1n) is 9.26. The Hall–Kier alpha value is -1.46. The molecule has 3 atom stereocenters. The largest absolute Gasteiger partial charge is 0.376 e. The summed E-state index contributed by atoms with van der Waals surface area (Å²) in [7, 11) is 0. The fraction of sp³-hybridized carbons (Fsp3) is 0.684. The van der Waals surface area contributed by atoms with Crippen molar-refractivity contribution >= 4 is 5.91 Å². The van der Waals surface area contributed by atoms with E-state index in [1.165, 1.54) is 25.9 Å². The van der Waals surface area contributed by atoms with Gasteiger partial charge < -0.3 is 14.5 Å². The summed E-state index contributed by atoms with van der Waals surface area (Å²) < 4.78 is 6.12. The first kappa shape index (κ1) is 16.0. The predicted molar refractivity (Wildman–Crippen MR) is 91.9 cm³/mol. The number of piperidine rings is 1. The molecule has 5 nitrogen and oxygen atoms in total. The number of nitrogens with zero attached hydrogens (tertiary/aromatic N) is 3. The molecule has 1 aromatic rings. The van der Waals surface area contributed by atoms with Gasteiger partial charge in [-0.2, -0.15) is 0 Å². The van der Waals surface area contributed by atoms with Gasteiger partial charge in [-0.25, -0.2) is 0 Å². The number of amides is 1. The fourth-order valence-corrected chi connectivity index (χ4v) is 4.46. The highest BCUT2D eigenvalue weighted by molar-refractivity contribution is 5.94. The Morgan fingerprint density at radius 3 is 2.88 bits per heavy atom. The number of hydrogen-bond acceptors (Lipinski definition) is 4. The zero-order chi connectivity index (χ0) is 16.5. The number of likely N-dealkylation sites (tertiary alicyclic amines) is 2. The molecule has 0 unspecified atom stereocenters. The zero-order valence-corrected chi connectivity index (χ0v) is 14.5. The SMILES string of the molecule is Cc1ccc(C(=O)N2CC[C@@H]3[C@@H](CO[C@H]3CN3CCCC3)C2)cn1. The zero-order valence-electron chi connectivity index (χ0n) is 14.5. The molecule has 0 radical (unpaired) electrons. The lowest BCUT2D eigenvalue weighted by atomic mass is 9.84. The van der Waals surface area contributed by atoms with Crippen LogP contribution in [0.5, 0.6) is 0 Å². The van der Waals surface area contributed by atoms with Crippen LogP contribution in [0.15, 0.2) is 18.3 Å². The maximum atomic E-state index is 12.7. The standard InChI is InChI=1S/C19H27N3O2/c1-14-4-5-15(10-20-14)19(23)22-9-6-17-16(11-22)13-24-18(17)12-21-7-2-3-8-21/h4-5,10,16-18H,2-3,6-9,11-13H2,1H3/t16-,17-,18+/m1/s1. The van der Waals surface area contributed by atoms with E-state index < -0.39 is 0 Å². The first-order valence-corrected chi connectivity index (χ1v) is 9.26. The van der Waals surface area contributed by atoms with Crippen molar-refractivity contribution in [3.05, 3.63) is 29.6 Å². The molecule has 0 aromatic carbocycles. The highest BCUT2D eigenvalue weighted by atomic mass is 16.5. The van der Waals surface area contributed by atoms with Gasteiger partial charge in [0.25, 0.3) is 5.91 Å². The molecule has 3 saturated heterocycles. The molecular formula is C19H27N3O2. The lowest BCUT2D eigenvalue weighted by Gasteiger charge is -2.36. The summed E-state index contributed by atoms with van der Waals surface area (Å²) in [6, 6.07) is 3.79. The average Bonchev–Trinajstić information content (AvgIpc) is 3.25. The molecule has 3 aliphatic heterocycles. The van der Waals surface area contributed by atoms with E-state index in [0.29, 0.717) is 23.5 Å². The molecule has 5 heteroatoms. The van der Waals surface area contributed by atoms with Gasteiger partial charge in [0.05, 0.1) is 18.3 Å². The van der Waals surface area contributed by atoms with E-state index in [0.717, 1.165) is 38.4 Å². The van der Waals surface area contributed by atoms with Crippen LogP contribution in [0.3, 0.4) is 0 Å². The first-order chi connectivity index (χ1) is 11.7. The summed E-state index contributed by atoms with van der Waals surface area (Å²) in [4.78, 5) is 21.5. The summed E-state index contributed by atoms with van der Waals surface area (Å²) >= 11 is 0. The molecule has 0 bridgehead atoms. The highest BCUT2D eigenvalue weighted by Gasteiger charge is 2.42. The average molecular weight is 329 g/mol. The maximum Gasteiger partial charge on any atom is 0.255 e. The minimum Gasteiger partial charge on any atom is -0.376 e. The van der Waals surface area contributed by atoms with Gasteiger partial charge in [0, 0.05) is 37.4 Å². The molecule has 3 aliphatic rings. The van der Waals surface area contributed by atoms with Gasteiger partial charge in [-0.1, -0.05) is 0 Å². The van der Waals surface area contributed by atoms with Gasteiger partial charge in [0.15, 0.2) is 0 Å². The number of ether oxygens (including phenoxy) is 1. The molecule has 130 valence electrons. The Kier molecular flexibility index (Phi) is 4.55. The smallest absolute Gasteiger partial charge is 0.255 e. The molecule has 24 heavy (non-hydrogen) atoms. The van der Waals surface area contributed by atoms with Crippen LogP contribution in [0.1, 0.15) is 35.3 Å². The Labute approximate surface area is 144 Å². The Balaban J connectivity index is 1.36. The van der Waals surface area contributed by atoms with Gasteiger partial charge >= 0.3 is 0 Å². The molecule has 0 spiro atoms. The summed E-state index contributed by atoms with van der Waals surface area (Å²) in [6.07, 6.45) is 5.78. The second-order valence-electron chi connectivity index (χ2n) is 7.53. The topological polar surface area (TPSA) is 45.7 Å². The summed E-state index contributed by atoms with van der Waals surface area (Å²) in [6.45, 7) is 7.94. The predicted octanol–water partition coefficient (Wildman–Crippen LogP) is 1.96. The second kappa shape index (κ2) is 6.81. The number of pyridine rings is 1. The summed E-state index contributed by atoms with van der Waals surface area (Å²) in [5.41, 5.74) is 1.64. The van der Waals surface area contributed by atoms with Crippen molar-refractivity contribution in [3.63, 3.8) is 0 Å². The third-order valence-electron chi connectivity index (χ3n) is 5.88. The molecule has 0 aliphatic carbocycles. The van der Waals surface area contributed by atoms with Crippen LogP contribution in [0.4, 0.5) is 0 Å². The van der Waals surface area contributed by atoms with Crippen molar-refractivity contribution in [1.29, 1.82) is 0 Å². The van der Waals surface area contributed by atoms with E-state index in [1.807, 2.05) is 24.0 Å². The fourth-order valence-electron chi connectivity index (χ4n) is 4.46. The molecule has 4 rings (SSSR count). The van der Waals surface area contributed by atoms with E-state index in [-0.39, 0.29) is 5.91 Å². The third kappa shape index (κ3) is 3.20. The van der Waals surface area contributed by atoms with Crippen LogP contribution in [0.25, 0.3) is 0 Å². The normalized spacial score (nSPS) is 30.5. The number of aryl methyl sites for hydroxylation is 1. The van der Waals surface area contributed by atoms with Crippen molar-refractivity contribution < 1.29 is 9.53 Å². The Bertz CT molecular complexity index is 583. The van der Waals surface area contributed by atoms with E-state index in [1.54, 1.807) is 6.20 Å². The molecule has 1 amide bonds. The number of carbonyl (C=O) groups excluding carboxylic acids is 1. The van der Waals surface area contributed by atoms with E-state index in [2.05, 4.69) is 9.88 Å². The van der Waals surface area contributed by atoms with Crippen molar-refractivity contribution in [2.45, 2.75) is 32.3 Å². The maximum absolute atomic E-state index is 12.7. The third-order valence-corrected chi connectivity index (χ3v) is 5.88.